The first kappa shape index (κ1) is 16.8. The second-order valence-electron chi connectivity index (χ2n) is 5.73. The third-order valence-corrected chi connectivity index (χ3v) is 3.96. The molecule has 0 saturated heterocycles. The molecule has 3 heterocycles. The maximum absolute atomic E-state index is 12.6. The summed E-state index contributed by atoms with van der Waals surface area (Å²) in [4.78, 5) is 37.4. The highest BCUT2D eigenvalue weighted by Gasteiger charge is 2.15. The molecule has 0 spiro atoms. The van der Waals surface area contributed by atoms with Crippen LogP contribution in [0.25, 0.3) is 11.0 Å². The van der Waals surface area contributed by atoms with Crippen LogP contribution in [0.5, 0.6) is 0 Å². The van der Waals surface area contributed by atoms with E-state index in [0.717, 1.165) is 11.3 Å². The van der Waals surface area contributed by atoms with Gasteiger partial charge in [0.1, 0.15) is 17.5 Å². The van der Waals surface area contributed by atoms with E-state index in [1.165, 1.54) is 6.33 Å². The smallest absolute Gasteiger partial charge is 0.256 e. The van der Waals surface area contributed by atoms with Gasteiger partial charge in [-0.05, 0) is 38.0 Å². The van der Waals surface area contributed by atoms with Crippen molar-refractivity contribution in [2.24, 2.45) is 0 Å². The van der Waals surface area contributed by atoms with E-state index in [0.29, 0.717) is 30.5 Å². The minimum absolute atomic E-state index is 0.129. The van der Waals surface area contributed by atoms with Crippen molar-refractivity contribution in [1.82, 2.24) is 24.8 Å². The fourth-order valence-corrected chi connectivity index (χ4v) is 2.64. The Morgan fingerprint density at radius 1 is 1.24 bits per heavy atom. The fourth-order valence-electron chi connectivity index (χ4n) is 2.64. The van der Waals surface area contributed by atoms with Gasteiger partial charge in [0, 0.05) is 37.4 Å². The van der Waals surface area contributed by atoms with E-state index >= 15 is 0 Å². The Balaban J connectivity index is 1.85. The van der Waals surface area contributed by atoms with Crippen molar-refractivity contribution < 1.29 is 4.79 Å². The normalized spacial score (nSPS) is 10.8. The van der Waals surface area contributed by atoms with E-state index in [-0.39, 0.29) is 16.9 Å². The fraction of sp³-hybridized carbons (Fsp3) is 0.278. The first-order valence-corrected chi connectivity index (χ1v) is 8.13. The number of aryl methyl sites for hydroxylation is 2. The third kappa shape index (κ3) is 3.55. The predicted molar refractivity (Wildman–Crippen MR) is 94.5 cm³/mol. The van der Waals surface area contributed by atoms with Crippen LogP contribution in [0.1, 0.15) is 28.5 Å². The van der Waals surface area contributed by atoms with Crippen LogP contribution in [0.4, 0.5) is 0 Å². The summed E-state index contributed by atoms with van der Waals surface area (Å²) in [6.07, 6.45) is 7.04. The van der Waals surface area contributed by atoms with Gasteiger partial charge < -0.3 is 9.88 Å². The van der Waals surface area contributed by atoms with E-state index < -0.39 is 0 Å². The van der Waals surface area contributed by atoms with Crippen molar-refractivity contribution in [3.8, 4) is 0 Å². The number of hydrogen-bond acceptors (Lipinski definition) is 5. The number of hydrogen-bond donors (Lipinski definition) is 1. The average molecular weight is 337 g/mol. The Hall–Kier alpha value is -3.09. The van der Waals surface area contributed by atoms with Crippen LogP contribution in [0.3, 0.4) is 0 Å². The molecular weight excluding hydrogens is 318 g/mol. The van der Waals surface area contributed by atoms with Gasteiger partial charge in [0.2, 0.25) is 5.43 Å². The number of rotatable bonds is 5. The van der Waals surface area contributed by atoms with Gasteiger partial charge in [-0.25, -0.2) is 15.0 Å². The highest BCUT2D eigenvalue weighted by Crippen LogP contribution is 2.11. The van der Waals surface area contributed by atoms with Crippen molar-refractivity contribution in [1.29, 1.82) is 0 Å². The number of aromatic nitrogens is 4. The number of fused-ring (bicyclic) bond motifs is 1. The highest BCUT2D eigenvalue weighted by atomic mass is 16.2. The van der Waals surface area contributed by atoms with Gasteiger partial charge >= 0.3 is 0 Å². The largest absolute Gasteiger partial charge is 0.352 e. The lowest BCUT2D eigenvalue weighted by Crippen LogP contribution is -2.31. The molecule has 0 atom stereocenters. The number of nitrogens with one attached hydrogen (secondary N) is 1. The van der Waals surface area contributed by atoms with Gasteiger partial charge in [-0.1, -0.05) is 0 Å². The molecule has 0 aliphatic heterocycles. The van der Waals surface area contributed by atoms with Gasteiger partial charge in [-0.15, -0.1) is 0 Å². The molecule has 0 unspecified atom stereocenters. The van der Waals surface area contributed by atoms with Crippen LogP contribution >= 0.6 is 0 Å². The summed E-state index contributed by atoms with van der Waals surface area (Å²) in [7, 11) is 0. The molecule has 3 aromatic heterocycles. The number of amides is 1. The van der Waals surface area contributed by atoms with Crippen molar-refractivity contribution in [3.63, 3.8) is 0 Å². The Bertz CT molecular complexity index is 966. The Kier molecular flexibility index (Phi) is 4.83. The van der Waals surface area contributed by atoms with Crippen LogP contribution in [0.15, 0.2) is 41.8 Å². The molecule has 3 rings (SSSR count). The van der Waals surface area contributed by atoms with Gasteiger partial charge in [0.05, 0.1) is 5.39 Å². The molecule has 7 heteroatoms. The molecule has 0 radical (unpaired) electrons. The molecule has 0 aliphatic carbocycles. The summed E-state index contributed by atoms with van der Waals surface area (Å²) in [6.45, 7) is 4.85. The number of carbonyl (C=O) groups is 1. The highest BCUT2D eigenvalue weighted by molar-refractivity contribution is 5.96. The molecule has 0 bridgehead atoms. The summed E-state index contributed by atoms with van der Waals surface area (Å²) in [5.74, 6) is -0.383. The van der Waals surface area contributed by atoms with E-state index in [4.69, 9.17) is 0 Å². The molecule has 0 aromatic carbocycles. The van der Waals surface area contributed by atoms with Crippen molar-refractivity contribution in [3.05, 3.63) is 64.1 Å². The number of pyridine rings is 2. The Morgan fingerprint density at radius 2 is 2.00 bits per heavy atom. The van der Waals surface area contributed by atoms with E-state index in [9.17, 15) is 9.59 Å². The maximum atomic E-state index is 12.6. The Morgan fingerprint density at radius 3 is 2.72 bits per heavy atom. The van der Waals surface area contributed by atoms with Crippen LogP contribution in [-0.4, -0.2) is 32.0 Å². The van der Waals surface area contributed by atoms with Crippen LogP contribution < -0.4 is 10.7 Å². The van der Waals surface area contributed by atoms with Gasteiger partial charge in [0.25, 0.3) is 5.91 Å². The maximum Gasteiger partial charge on any atom is 0.256 e. The lowest BCUT2D eigenvalue weighted by Gasteiger charge is -2.11. The topological polar surface area (TPSA) is 89.8 Å². The molecule has 0 aliphatic rings. The molecule has 0 saturated carbocycles. The molecular formula is C18H19N5O2. The minimum Gasteiger partial charge on any atom is -0.352 e. The molecule has 0 fully saturated rings. The van der Waals surface area contributed by atoms with Crippen molar-refractivity contribution in [2.75, 3.05) is 6.54 Å². The van der Waals surface area contributed by atoms with Crippen LogP contribution in [0, 0.1) is 6.92 Å². The van der Waals surface area contributed by atoms with Gasteiger partial charge in [0.15, 0.2) is 0 Å². The quantitative estimate of drug-likeness (QED) is 0.762. The van der Waals surface area contributed by atoms with Crippen LogP contribution in [0.2, 0.25) is 0 Å². The summed E-state index contributed by atoms with van der Waals surface area (Å²) < 4.78 is 1.82. The molecule has 25 heavy (non-hydrogen) atoms. The summed E-state index contributed by atoms with van der Waals surface area (Å²) in [6, 6.07) is 3.51. The molecule has 1 amide bonds. The zero-order chi connectivity index (χ0) is 17.8. The van der Waals surface area contributed by atoms with E-state index in [2.05, 4.69) is 20.3 Å². The van der Waals surface area contributed by atoms with Crippen molar-refractivity contribution in [2.45, 2.75) is 26.8 Å². The molecule has 3 aromatic rings. The molecule has 1 N–H and O–H groups in total. The summed E-state index contributed by atoms with van der Waals surface area (Å²) in [5.41, 5.74) is 2.19. The second kappa shape index (κ2) is 7.21. The minimum atomic E-state index is -0.383. The van der Waals surface area contributed by atoms with Crippen molar-refractivity contribution >= 4 is 16.9 Å². The predicted octanol–water partition coefficient (Wildman–Crippen LogP) is 1.49. The van der Waals surface area contributed by atoms with E-state index in [1.807, 2.05) is 18.4 Å². The molecule has 7 nitrogen and oxygen atoms in total. The first-order chi connectivity index (χ1) is 12.1. The lowest BCUT2D eigenvalue weighted by molar-refractivity contribution is 0.0952. The standard InChI is InChI=1S/C18H19N5O2/c1-3-23-10-15(16(24)14-5-4-12(2)22-17(14)23)18(25)21-7-6-13-8-19-11-20-9-13/h4-5,8-11H,3,6-7H2,1-2H3,(H,21,25). The SMILES string of the molecule is CCn1cc(C(=O)NCCc2cncnc2)c(=O)c2ccc(C)nc21. The Labute approximate surface area is 144 Å². The lowest BCUT2D eigenvalue weighted by atomic mass is 10.1. The van der Waals surface area contributed by atoms with Gasteiger partial charge in [-0.3, -0.25) is 9.59 Å². The summed E-state index contributed by atoms with van der Waals surface area (Å²) in [5, 5.41) is 3.24. The summed E-state index contributed by atoms with van der Waals surface area (Å²) >= 11 is 0. The number of nitrogens with zero attached hydrogens (tertiary/aromatic N) is 4. The number of carbonyl (C=O) groups excluding carboxylic acids is 1. The second-order valence-corrected chi connectivity index (χ2v) is 5.73. The van der Waals surface area contributed by atoms with E-state index in [1.54, 1.807) is 30.7 Å². The average Bonchev–Trinajstić information content (AvgIpc) is 2.62. The zero-order valence-electron chi connectivity index (χ0n) is 14.2. The first-order valence-electron chi connectivity index (χ1n) is 8.13. The molecule has 128 valence electrons. The monoisotopic (exact) mass is 337 g/mol. The van der Waals surface area contributed by atoms with Crippen LogP contribution in [-0.2, 0) is 13.0 Å². The zero-order valence-corrected chi connectivity index (χ0v) is 14.2. The third-order valence-electron chi connectivity index (χ3n) is 3.96. The van der Waals surface area contributed by atoms with Gasteiger partial charge in [-0.2, -0.15) is 0 Å².